The minimum absolute atomic E-state index is 0.239. The number of nitrogens with two attached hydrogens (primary N) is 1. The van der Waals surface area contributed by atoms with Gasteiger partial charge in [-0.3, -0.25) is 0 Å². The van der Waals surface area contributed by atoms with E-state index < -0.39 is 0 Å². The van der Waals surface area contributed by atoms with Crippen molar-refractivity contribution in [1.82, 2.24) is 5.32 Å². The number of hydrogen-bond acceptors (Lipinski definition) is 3. The molecule has 0 bridgehead atoms. The van der Waals surface area contributed by atoms with Crippen LogP contribution < -0.4 is 11.1 Å². The maximum Gasteiger partial charge on any atom is 0.0621 e. The molecule has 0 radical (unpaired) electrons. The summed E-state index contributed by atoms with van der Waals surface area (Å²) in [5.74, 6) is 1.35. The van der Waals surface area contributed by atoms with E-state index in [1.807, 2.05) is 0 Å². The maximum absolute atomic E-state index is 5.94. The van der Waals surface area contributed by atoms with E-state index >= 15 is 0 Å². The van der Waals surface area contributed by atoms with Gasteiger partial charge in [0.05, 0.1) is 13.2 Å². The van der Waals surface area contributed by atoms with Gasteiger partial charge in [0.2, 0.25) is 0 Å². The lowest BCUT2D eigenvalue weighted by Gasteiger charge is -2.18. The molecular formula is C13H28N2O. The molecule has 3 unspecified atom stereocenters. The molecule has 0 spiro atoms. The maximum atomic E-state index is 5.94. The Bertz CT molecular complexity index is 175. The van der Waals surface area contributed by atoms with Gasteiger partial charge in [-0.15, -0.1) is 0 Å². The van der Waals surface area contributed by atoms with Crippen molar-refractivity contribution in [2.45, 2.75) is 45.6 Å². The molecule has 1 saturated heterocycles. The molecule has 1 fully saturated rings. The van der Waals surface area contributed by atoms with Crippen LogP contribution in [0.5, 0.6) is 0 Å². The Hall–Kier alpha value is -0.120. The average Bonchev–Trinajstić information content (AvgIpc) is 2.69. The number of rotatable bonds is 8. The minimum atomic E-state index is 0.239. The first kappa shape index (κ1) is 13.9. The summed E-state index contributed by atoms with van der Waals surface area (Å²) >= 11 is 0. The van der Waals surface area contributed by atoms with Crippen LogP contribution in [0.25, 0.3) is 0 Å². The summed E-state index contributed by atoms with van der Waals surface area (Å²) in [6.45, 7) is 8.27. The zero-order valence-corrected chi connectivity index (χ0v) is 10.9. The number of hydrogen-bond donors (Lipinski definition) is 2. The molecule has 0 aromatic carbocycles. The van der Waals surface area contributed by atoms with Crippen LogP contribution >= 0.6 is 0 Å². The van der Waals surface area contributed by atoms with Gasteiger partial charge in [-0.25, -0.2) is 0 Å². The summed E-state index contributed by atoms with van der Waals surface area (Å²) in [6, 6.07) is 0.239. The molecule has 1 rings (SSSR count). The van der Waals surface area contributed by atoms with E-state index in [0.29, 0.717) is 5.92 Å². The first-order valence-electron chi connectivity index (χ1n) is 6.81. The van der Waals surface area contributed by atoms with Gasteiger partial charge in [-0.1, -0.05) is 33.1 Å². The lowest BCUT2D eigenvalue weighted by atomic mass is 9.98. The van der Waals surface area contributed by atoms with Crippen LogP contribution in [0.2, 0.25) is 0 Å². The van der Waals surface area contributed by atoms with Crippen LogP contribution in [0, 0.1) is 11.8 Å². The molecule has 3 atom stereocenters. The topological polar surface area (TPSA) is 47.3 Å². The molecule has 0 amide bonds. The summed E-state index contributed by atoms with van der Waals surface area (Å²) in [5.41, 5.74) is 5.94. The smallest absolute Gasteiger partial charge is 0.0621 e. The average molecular weight is 228 g/mol. The second kappa shape index (κ2) is 8.04. The predicted octanol–water partition coefficient (Wildman–Crippen LogP) is 1.77. The number of nitrogens with one attached hydrogen (secondary N) is 1. The molecule has 0 aromatic rings. The first-order valence-corrected chi connectivity index (χ1v) is 6.81. The van der Waals surface area contributed by atoms with E-state index in [2.05, 4.69) is 19.2 Å². The highest BCUT2D eigenvalue weighted by Crippen LogP contribution is 2.13. The molecule has 0 aliphatic carbocycles. The Balaban J connectivity index is 2.08. The number of ether oxygens (including phenoxy) is 1. The molecule has 96 valence electrons. The first-order chi connectivity index (χ1) is 7.77. The van der Waals surface area contributed by atoms with Crippen molar-refractivity contribution < 1.29 is 4.74 Å². The standard InChI is InChI=1S/C13H28N2O/c1-3-5-6-11(4-2)7-15-8-12-9-16-10-13(12)14/h11-13,15H,3-10,14H2,1-2H3. The van der Waals surface area contributed by atoms with E-state index in [0.717, 1.165) is 32.2 Å². The van der Waals surface area contributed by atoms with Crippen LogP contribution in [0.4, 0.5) is 0 Å². The van der Waals surface area contributed by atoms with E-state index in [-0.39, 0.29) is 6.04 Å². The van der Waals surface area contributed by atoms with Crippen LogP contribution in [0.3, 0.4) is 0 Å². The van der Waals surface area contributed by atoms with Gasteiger partial charge in [-0.2, -0.15) is 0 Å². The summed E-state index contributed by atoms with van der Waals surface area (Å²) in [7, 11) is 0. The molecule has 16 heavy (non-hydrogen) atoms. The molecule has 0 saturated carbocycles. The third-order valence-corrected chi connectivity index (χ3v) is 3.63. The largest absolute Gasteiger partial charge is 0.379 e. The lowest BCUT2D eigenvalue weighted by molar-refractivity contribution is 0.183. The second-order valence-corrected chi connectivity index (χ2v) is 5.04. The lowest BCUT2D eigenvalue weighted by Crippen LogP contribution is -2.37. The molecule has 3 heteroatoms. The summed E-state index contributed by atoms with van der Waals surface area (Å²) in [5, 5.41) is 3.56. The van der Waals surface area contributed by atoms with Gasteiger partial charge in [-0.05, 0) is 18.9 Å². The van der Waals surface area contributed by atoms with E-state index in [9.17, 15) is 0 Å². The third-order valence-electron chi connectivity index (χ3n) is 3.63. The van der Waals surface area contributed by atoms with Crippen molar-refractivity contribution >= 4 is 0 Å². The fraction of sp³-hybridized carbons (Fsp3) is 1.00. The van der Waals surface area contributed by atoms with Crippen molar-refractivity contribution in [3.63, 3.8) is 0 Å². The van der Waals surface area contributed by atoms with Crippen molar-refractivity contribution in [2.24, 2.45) is 17.6 Å². The Morgan fingerprint density at radius 1 is 1.38 bits per heavy atom. The molecule has 0 aromatic heterocycles. The fourth-order valence-electron chi connectivity index (χ4n) is 2.24. The molecule has 3 N–H and O–H groups in total. The van der Waals surface area contributed by atoms with E-state index in [1.165, 1.54) is 25.7 Å². The van der Waals surface area contributed by atoms with Gasteiger partial charge in [0, 0.05) is 18.5 Å². The molecule has 1 heterocycles. The zero-order valence-electron chi connectivity index (χ0n) is 10.9. The van der Waals surface area contributed by atoms with Gasteiger partial charge in [0.1, 0.15) is 0 Å². The Morgan fingerprint density at radius 3 is 2.75 bits per heavy atom. The predicted molar refractivity (Wildman–Crippen MR) is 68.5 cm³/mol. The SMILES string of the molecule is CCCCC(CC)CNCC1COCC1N. The minimum Gasteiger partial charge on any atom is -0.379 e. The Labute approximate surface area is 100 Å². The van der Waals surface area contributed by atoms with Crippen molar-refractivity contribution in [2.75, 3.05) is 26.3 Å². The van der Waals surface area contributed by atoms with Gasteiger partial charge < -0.3 is 15.8 Å². The van der Waals surface area contributed by atoms with Crippen molar-refractivity contribution in [3.05, 3.63) is 0 Å². The van der Waals surface area contributed by atoms with E-state index in [1.54, 1.807) is 0 Å². The summed E-state index contributed by atoms with van der Waals surface area (Å²) < 4.78 is 5.35. The Morgan fingerprint density at radius 2 is 2.19 bits per heavy atom. The fourth-order valence-corrected chi connectivity index (χ4v) is 2.24. The highest BCUT2D eigenvalue weighted by Gasteiger charge is 2.24. The molecule has 1 aliphatic heterocycles. The van der Waals surface area contributed by atoms with Crippen LogP contribution in [-0.2, 0) is 4.74 Å². The normalized spacial score (nSPS) is 27.2. The van der Waals surface area contributed by atoms with Gasteiger partial charge in [0.15, 0.2) is 0 Å². The Kier molecular flexibility index (Phi) is 7.01. The monoisotopic (exact) mass is 228 g/mol. The summed E-state index contributed by atoms with van der Waals surface area (Å²) in [4.78, 5) is 0. The quantitative estimate of drug-likeness (QED) is 0.665. The van der Waals surface area contributed by atoms with Crippen molar-refractivity contribution in [3.8, 4) is 0 Å². The van der Waals surface area contributed by atoms with Crippen LogP contribution in [0.1, 0.15) is 39.5 Å². The third kappa shape index (κ3) is 4.81. The highest BCUT2D eigenvalue weighted by atomic mass is 16.5. The number of unbranched alkanes of at least 4 members (excludes halogenated alkanes) is 1. The summed E-state index contributed by atoms with van der Waals surface area (Å²) in [6.07, 6.45) is 5.29. The second-order valence-electron chi connectivity index (χ2n) is 5.04. The van der Waals surface area contributed by atoms with Crippen LogP contribution in [-0.4, -0.2) is 32.3 Å². The molecular weight excluding hydrogens is 200 g/mol. The van der Waals surface area contributed by atoms with Crippen LogP contribution in [0.15, 0.2) is 0 Å². The molecule has 3 nitrogen and oxygen atoms in total. The van der Waals surface area contributed by atoms with Gasteiger partial charge >= 0.3 is 0 Å². The van der Waals surface area contributed by atoms with Crippen molar-refractivity contribution in [1.29, 1.82) is 0 Å². The van der Waals surface area contributed by atoms with E-state index in [4.69, 9.17) is 10.5 Å². The molecule has 1 aliphatic rings. The van der Waals surface area contributed by atoms with Gasteiger partial charge in [0.25, 0.3) is 0 Å². The zero-order chi connectivity index (χ0) is 11.8. The highest BCUT2D eigenvalue weighted by molar-refractivity contribution is 4.79.